The van der Waals surface area contributed by atoms with E-state index in [0.717, 1.165) is 24.3 Å². The van der Waals surface area contributed by atoms with E-state index in [1.807, 2.05) is 13.0 Å². The molecule has 0 spiro atoms. The normalized spacial score (nSPS) is 14.8. The van der Waals surface area contributed by atoms with Gasteiger partial charge in [0, 0.05) is 13.0 Å². The number of anilines is 2. The van der Waals surface area contributed by atoms with E-state index < -0.39 is 0 Å². The van der Waals surface area contributed by atoms with Crippen molar-refractivity contribution in [2.24, 2.45) is 0 Å². The molecule has 3 heterocycles. The van der Waals surface area contributed by atoms with E-state index in [0.29, 0.717) is 24.6 Å². The predicted octanol–water partition coefficient (Wildman–Crippen LogP) is 2.12. The average molecular weight is 272 g/mol. The Balaban J connectivity index is 1.64. The van der Waals surface area contributed by atoms with Gasteiger partial charge in [-0.2, -0.15) is 0 Å². The van der Waals surface area contributed by atoms with Crippen molar-refractivity contribution in [2.75, 3.05) is 16.8 Å². The number of aromatic nitrogens is 2. The molecule has 0 aliphatic carbocycles. The van der Waals surface area contributed by atoms with Gasteiger partial charge in [0.1, 0.15) is 11.6 Å². The zero-order valence-electron chi connectivity index (χ0n) is 11.3. The second-order valence-electron chi connectivity index (χ2n) is 4.79. The summed E-state index contributed by atoms with van der Waals surface area (Å²) in [6, 6.07) is 1.92. The topological polar surface area (TPSA) is 71.3 Å². The number of carbonyl (C=O) groups excluding carboxylic acids is 1. The molecule has 2 aromatic rings. The molecule has 0 radical (unpaired) electrons. The monoisotopic (exact) mass is 272 g/mol. The molecule has 1 saturated heterocycles. The van der Waals surface area contributed by atoms with Crippen LogP contribution in [0.5, 0.6) is 0 Å². The van der Waals surface area contributed by atoms with Gasteiger partial charge in [-0.15, -0.1) is 0 Å². The van der Waals surface area contributed by atoms with Crippen LogP contribution in [0.4, 0.5) is 11.6 Å². The maximum Gasteiger partial charge on any atom is 0.228 e. The molecule has 0 aromatic carbocycles. The van der Waals surface area contributed by atoms with Crippen molar-refractivity contribution >= 4 is 17.5 Å². The molecular weight excluding hydrogens is 256 g/mol. The first-order chi connectivity index (χ1) is 9.74. The number of nitrogens with one attached hydrogen (secondary N) is 1. The van der Waals surface area contributed by atoms with Crippen molar-refractivity contribution in [3.8, 4) is 0 Å². The summed E-state index contributed by atoms with van der Waals surface area (Å²) in [5.74, 6) is 2.28. The fourth-order valence-corrected chi connectivity index (χ4v) is 2.20. The molecule has 20 heavy (non-hydrogen) atoms. The summed E-state index contributed by atoms with van der Waals surface area (Å²) in [7, 11) is 0. The molecule has 2 aromatic heterocycles. The first-order valence-corrected chi connectivity index (χ1v) is 6.63. The highest BCUT2D eigenvalue weighted by Gasteiger charge is 2.22. The molecule has 1 aliphatic heterocycles. The molecule has 0 atom stereocenters. The second kappa shape index (κ2) is 5.32. The highest BCUT2D eigenvalue weighted by atomic mass is 16.3. The lowest BCUT2D eigenvalue weighted by Crippen LogP contribution is -2.24. The maximum atomic E-state index is 11.6. The lowest BCUT2D eigenvalue weighted by molar-refractivity contribution is -0.117. The fourth-order valence-electron chi connectivity index (χ4n) is 2.20. The smallest absolute Gasteiger partial charge is 0.228 e. The van der Waals surface area contributed by atoms with Gasteiger partial charge in [0.2, 0.25) is 5.91 Å². The van der Waals surface area contributed by atoms with E-state index >= 15 is 0 Å². The Labute approximate surface area is 116 Å². The highest BCUT2D eigenvalue weighted by molar-refractivity contribution is 5.94. The van der Waals surface area contributed by atoms with E-state index in [9.17, 15) is 4.79 Å². The molecule has 0 bridgehead atoms. The van der Waals surface area contributed by atoms with Crippen molar-refractivity contribution < 1.29 is 9.21 Å². The summed E-state index contributed by atoms with van der Waals surface area (Å²) in [5, 5.41) is 3.15. The van der Waals surface area contributed by atoms with Gasteiger partial charge in [-0.25, -0.2) is 9.97 Å². The zero-order valence-corrected chi connectivity index (χ0v) is 11.3. The van der Waals surface area contributed by atoms with Crippen LogP contribution in [0.3, 0.4) is 0 Å². The molecule has 6 nitrogen and oxygen atoms in total. The van der Waals surface area contributed by atoms with E-state index in [4.69, 9.17) is 4.42 Å². The van der Waals surface area contributed by atoms with Crippen molar-refractivity contribution in [3.63, 3.8) is 0 Å². The van der Waals surface area contributed by atoms with Crippen molar-refractivity contribution in [2.45, 2.75) is 26.3 Å². The van der Waals surface area contributed by atoms with Gasteiger partial charge in [0.05, 0.1) is 25.2 Å². The first-order valence-electron chi connectivity index (χ1n) is 6.63. The molecule has 0 unspecified atom stereocenters. The summed E-state index contributed by atoms with van der Waals surface area (Å²) in [6.07, 6.45) is 6.41. The van der Waals surface area contributed by atoms with Crippen molar-refractivity contribution in [1.82, 2.24) is 9.97 Å². The highest BCUT2D eigenvalue weighted by Crippen LogP contribution is 2.19. The van der Waals surface area contributed by atoms with Crippen LogP contribution in [0, 0.1) is 6.92 Å². The lowest BCUT2D eigenvalue weighted by atomic mass is 10.3. The number of furan rings is 1. The second-order valence-corrected chi connectivity index (χ2v) is 4.79. The molecule has 0 saturated carbocycles. The standard InChI is InChI=1S/C14H16N4O2/c1-10-4-6-20-11(10)7-15-12-8-17-13(9-16-12)18-5-2-3-14(18)19/h4,6,8-9H,2-3,5,7H2,1H3,(H,15,16). The van der Waals surface area contributed by atoms with Crippen LogP contribution in [0.1, 0.15) is 24.2 Å². The number of aryl methyl sites for hydroxylation is 1. The summed E-state index contributed by atoms with van der Waals surface area (Å²) in [4.78, 5) is 21.8. The number of rotatable bonds is 4. The Morgan fingerprint density at radius 3 is 2.90 bits per heavy atom. The van der Waals surface area contributed by atoms with Crippen molar-refractivity contribution in [1.29, 1.82) is 0 Å². The summed E-state index contributed by atoms with van der Waals surface area (Å²) in [6.45, 7) is 3.29. The third-order valence-electron chi connectivity index (χ3n) is 3.39. The van der Waals surface area contributed by atoms with Gasteiger partial charge >= 0.3 is 0 Å². The third-order valence-corrected chi connectivity index (χ3v) is 3.39. The van der Waals surface area contributed by atoms with Gasteiger partial charge in [-0.1, -0.05) is 0 Å². The van der Waals surface area contributed by atoms with Gasteiger partial charge in [-0.05, 0) is 25.0 Å². The minimum atomic E-state index is 0.117. The van der Waals surface area contributed by atoms with Crippen LogP contribution in [0.25, 0.3) is 0 Å². The third kappa shape index (κ3) is 2.49. The molecule has 1 amide bonds. The van der Waals surface area contributed by atoms with Gasteiger partial charge in [-0.3, -0.25) is 9.69 Å². The van der Waals surface area contributed by atoms with Crippen LogP contribution in [-0.2, 0) is 11.3 Å². The molecule has 6 heteroatoms. The van der Waals surface area contributed by atoms with Gasteiger partial charge < -0.3 is 9.73 Å². The Morgan fingerprint density at radius 1 is 1.40 bits per heavy atom. The molecule has 1 N–H and O–H groups in total. The Bertz CT molecular complexity index is 606. The largest absolute Gasteiger partial charge is 0.467 e. The van der Waals surface area contributed by atoms with E-state index in [1.165, 1.54) is 0 Å². The lowest BCUT2D eigenvalue weighted by Gasteiger charge is -2.14. The van der Waals surface area contributed by atoms with Crippen LogP contribution in [0.15, 0.2) is 29.1 Å². The van der Waals surface area contributed by atoms with E-state index in [2.05, 4.69) is 15.3 Å². The Hall–Kier alpha value is -2.37. The Kier molecular flexibility index (Phi) is 3.37. The molecule has 3 rings (SSSR count). The van der Waals surface area contributed by atoms with Crippen LogP contribution in [-0.4, -0.2) is 22.4 Å². The minimum absolute atomic E-state index is 0.117. The van der Waals surface area contributed by atoms with Crippen LogP contribution >= 0.6 is 0 Å². The van der Waals surface area contributed by atoms with Crippen LogP contribution in [0.2, 0.25) is 0 Å². The fraction of sp³-hybridized carbons (Fsp3) is 0.357. The number of hydrogen-bond acceptors (Lipinski definition) is 5. The first kappa shape index (κ1) is 12.7. The maximum absolute atomic E-state index is 11.6. The molecule has 104 valence electrons. The predicted molar refractivity (Wildman–Crippen MR) is 74.4 cm³/mol. The number of nitrogens with zero attached hydrogens (tertiary/aromatic N) is 3. The van der Waals surface area contributed by atoms with Gasteiger partial charge in [0.25, 0.3) is 0 Å². The summed E-state index contributed by atoms with van der Waals surface area (Å²) < 4.78 is 5.34. The van der Waals surface area contributed by atoms with Crippen LogP contribution < -0.4 is 10.2 Å². The summed E-state index contributed by atoms with van der Waals surface area (Å²) in [5.41, 5.74) is 1.10. The number of carbonyl (C=O) groups is 1. The zero-order chi connectivity index (χ0) is 13.9. The van der Waals surface area contributed by atoms with Crippen molar-refractivity contribution in [3.05, 3.63) is 36.0 Å². The number of amides is 1. The number of hydrogen-bond donors (Lipinski definition) is 1. The average Bonchev–Trinajstić information content (AvgIpc) is 3.06. The van der Waals surface area contributed by atoms with E-state index in [1.54, 1.807) is 23.6 Å². The molecule has 1 aliphatic rings. The van der Waals surface area contributed by atoms with Gasteiger partial charge in [0.15, 0.2) is 5.82 Å². The van der Waals surface area contributed by atoms with E-state index in [-0.39, 0.29) is 5.91 Å². The quantitative estimate of drug-likeness (QED) is 0.923. The molecular formula is C14H16N4O2. The molecule has 1 fully saturated rings. The minimum Gasteiger partial charge on any atom is -0.467 e. The SMILES string of the molecule is Cc1ccoc1CNc1cnc(N2CCCC2=O)cn1. The summed E-state index contributed by atoms with van der Waals surface area (Å²) >= 11 is 0. The Morgan fingerprint density at radius 2 is 2.30 bits per heavy atom.